The molecule has 0 unspecified atom stereocenters. The first-order valence-electron chi connectivity index (χ1n) is 0.516. The molecule has 0 amide bonds. The van der Waals surface area contributed by atoms with E-state index in [-0.39, 0.29) is 51.4 Å². The zero-order chi connectivity index (χ0) is 4.00. The second kappa shape index (κ2) is 159. The normalized spacial score (nSPS) is 0.800. The van der Waals surface area contributed by atoms with Crippen LogP contribution in [0.4, 0.5) is 0 Å². The summed E-state index contributed by atoms with van der Waals surface area (Å²) in [5.41, 5.74) is 0. The molecule has 0 aromatic carbocycles. The number of hydrogen-bond donors (Lipinski definition) is 0. The summed E-state index contributed by atoms with van der Waals surface area (Å²) >= 11 is 0. The summed E-state index contributed by atoms with van der Waals surface area (Å²) in [7, 11) is 0. The van der Waals surface area contributed by atoms with Crippen LogP contribution in [0, 0.1) is 23.7 Å². The van der Waals surface area contributed by atoms with Gasteiger partial charge in [-0.15, -0.1) is 0 Å². The standard InChI is InChI=1S/2CHN.K.H/c2*1-2;;/h2*1H;;. The fourth-order valence-corrected chi connectivity index (χ4v) is 0. The topological polar surface area (TPSA) is 47.6 Å². The Kier molecular flexibility index (Phi) is 556. The molecular formula is C2H3KN2. The second-order valence-electron chi connectivity index (χ2n) is 0. The molecule has 0 fully saturated rings. The van der Waals surface area contributed by atoms with Crippen LogP contribution in [0.15, 0.2) is 0 Å². The number of nitriles is 2. The van der Waals surface area contributed by atoms with Crippen LogP contribution in [0.3, 0.4) is 0 Å². The summed E-state index contributed by atoms with van der Waals surface area (Å²) in [5.74, 6) is 0. The Morgan fingerprint density at radius 3 is 0.800 bits per heavy atom. The molecule has 0 aliphatic heterocycles. The van der Waals surface area contributed by atoms with Crippen molar-refractivity contribution in [1.29, 1.82) is 10.5 Å². The van der Waals surface area contributed by atoms with Gasteiger partial charge >= 0.3 is 51.4 Å². The van der Waals surface area contributed by atoms with Gasteiger partial charge in [-0.3, -0.25) is 0 Å². The van der Waals surface area contributed by atoms with Crippen LogP contribution in [0.1, 0.15) is 0 Å². The third-order valence-corrected chi connectivity index (χ3v) is 0. The van der Waals surface area contributed by atoms with Crippen molar-refractivity contribution in [3.8, 4) is 13.1 Å². The first-order valence-corrected chi connectivity index (χ1v) is 0.516. The Labute approximate surface area is 73.8 Å². The van der Waals surface area contributed by atoms with Crippen molar-refractivity contribution in [3.63, 3.8) is 0 Å². The zero-order valence-electron chi connectivity index (χ0n) is 2.05. The number of rotatable bonds is 0. The summed E-state index contributed by atoms with van der Waals surface area (Å²) in [6, 6.07) is 0. The van der Waals surface area contributed by atoms with E-state index in [0.29, 0.717) is 0 Å². The van der Waals surface area contributed by atoms with Crippen molar-refractivity contribution in [2.75, 3.05) is 0 Å². The van der Waals surface area contributed by atoms with E-state index in [4.69, 9.17) is 10.5 Å². The molecule has 0 saturated carbocycles. The van der Waals surface area contributed by atoms with E-state index >= 15 is 0 Å². The predicted octanol–water partition coefficient (Wildman–Crippen LogP) is -0.369. The molecule has 0 atom stereocenters. The average Bonchev–Trinajstić information content (AvgIpc) is 1.50. The fourth-order valence-electron chi connectivity index (χ4n) is 0. The van der Waals surface area contributed by atoms with Gasteiger partial charge in [0.05, 0.1) is 0 Å². The van der Waals surface area contributed by atoms with E-state index in [9.17, 15) is 0 Å². The van der Waals surface area contributed by atoms with Crippen molar-refractivity contribution in [1.82, 2.24) is 0 Å². The van der Waals surface area contributed by atoms with Gasteiger partial charge in [-0.05, 0) is 0 Å². The van der Waals surface area contributed by atoms with E-state index in [1.54, 1.807) is 0 Å². The third kappa shape index (κ3) is 83.2. The van der Waals surface area contributed by atoms with Crippen LogP contribution in [0.2, 0.25) is 0 Å². The quantitative estimate of drug-likeness (QED) is 0.384. The minimum absolute atomic E-state index is 0. The zero-order valence-corrected chi connectivity index (χ0v) is 2.05. The monoisotopic (exact) mass is 94.0 g/mol. The maximum atomic E-state index is 6.50. The van der Waals surface area contributed by atoms with Crippen LogP contribution < -0.4 is 0 Å². The average molecular weight is 94.2 g/mol. The summed E-state index contributed by atoms with van der Waals surface area (Å²) in [4.78, 5) is 0. The molecule has 0 spiro atoms. The molecule has 2 nitrogen and oxygen atoms in total. The molecule has 0 aromatic rings. The molecule has 0 aromatic heterocycles. The first-order chi connectivity index (χ1) is 2.00. The summed E-state index contributed by atoms with van der Waals surface area (Å²) in [6.07, 6.45) is 0. The van der Waals surface area contributed by atoms with Gasteiger partial charge in [0.25, 0.3) is 0 Å². The first kappa shape index (κ1) is 17.5. The Bertz CT molecular complexity index is 23.1. The van der Waals surface area contributed by atoms with Crippen LogP contribution in [0.5, 0.6) is 0 Å². The number of hydrogen-bond acceptors (Lipinski definition) is 2. The molecule has 0 heterocycles. The van der Waals surface area contributed by atoms with Gasteiger partial charge in [-0.25, -0.2) is 10.5 Å². The molecule has 0 bridgehead atoms. The summed E-state index contributed by atoms with van der Waals surface area (Å²) < 4.78 is 0. The van der Waals surface area contributed by atoms with E-state index in [1.165, 1.54) is 0 Å². The van der Waals surface area contributed by atoms with Crippen molar-refractivity contribution in [3.05, 3.63) is 0 Å². The molecule has 0 saturated heterocycles. The Morgan fingerprint density at radius 1 is 0.800 bits per heavy atom. The predicted molar refractivity (Wildman–Crippen MR) is 20.5 cm³/mol. The summed E-state index contributed by atoms with van der Waals surface area (Å²) in [5, 5.41) is 13.0. The van der Waals surface area contributed by atoms with Crippen molar-refractivity contribution < 1.29 is 0 Å². The molecule has 0 N–H and O–H groups in total. The van der Waals surface area contributed by atoms with Crippen molar-refractivity contribution >= 4 is 51.4 Å². The van der Waals surface area contributed by atoms with E-state index in [1.807, 2.05) is 0 Å². The van der Waals surface area contributed by atoms with E-state index < -0.39 is 0 Å². The Morgan fingerprint density at radius 2 is 0.800 bits per heavy atom. The van der Waals surface area contributed by atoms with Gasteiger partial charge in [-0.2, -0.15) is 0 Å². The van der Waals surface area contributed by atoms with Crippen LogP contribution in [-0.4, -0.2) is 51.4 Å². The second-order valence-corrected chi connectivity index (χ2v) is 0. The van der Waals surface area contributed by atoms with Gasteiger partial charge in [-0.1, -0.05) is 0 Å². The van der Waals surface area contributed by atoms with E-state index in [2.05, 4.69) is 13.1 Å². The fraction of sp³-hybridized carbons (Fsp3) is 0. The Hall–Kier alpha value is 0.616. The molecular weight excluding hydrogens is 91.1 g/mol. The van der Waals surface area contributed by atoms with Gasteiger partial charge in [0.2, 0.25) is 0 Å². The molecule has 5 heavy (non-hydrogen) atoms. The Balaban J connectivity index is -0.0000000133. The molecule has 22 valence electrons. The maximum absolute atomic E-state index is 6.50. The number of nitrogens with zero attached hydrogens (tertiary/aromatic N) is 2. The molecule has 0 radical (unpaired) electrons. The molecule has 0 rings (SSSR count). The SMILES string of the molecule is C#N.C#N.[KH]. The molecule has 3 heteroatoms. The van der Waals surface area contributed by atoms with Gasteiger partial charge < -0.3 is 0 Å². The molecule has 0 aliphatic carbocycles. The third-order valence-electron chi connectivity index (χ3n) is 0. The van der Waals surface area contributed by atoms with Crippen molar-refractivity contribution in [2.45, 2.75) is 0 Å². The summed E-state index contributed by atoms with van der Waals surface area (Å²) in [6.45, 7) is 7.00. The van der Waals surface area contributed by atoms with Crippen LogP contribution >= 0.6 is 0 Å². The van der Waals surface area contributed by atoms with Gasteiger partial charge in [0, 0.05) is 13.1 Å². The van der Waals surface area contributed by atoms with Crippen LogP contribution in [0.25, 0.3) is 0 Å². The van der Waals surface area contributed by atoms with Gasteiger partial charge in [0.15, 0.2) is 0 Å². The van der Waals surface area contributed by atoms with Gasteiger partial charge in [0.1, 0.15) is 0 Å². The minimum atomic E-state index is 0. The van der Waals surface area contributed by atoms with E-state index in [0.717, 1.165) is 0 Å². The van der Waals surface area contributed by atoms with Crippen LogP contribution in [-0.2, 0) is 0 Å². The van der Waals surface area contributed by atoms with Crippen molar-refractivity contribution in [2.24, 2.45) is 0 Å². The molecule has 0 aliphatic rings.